The van der Waals surface area contributed by atoms with E-state index in [-0.39, 0.29) is 6.04 Å². The molecule has 1 aliphatic rings. The second-order valence-corrected chi connectivity index (χ2v) is 5.55. The maximum atomic E-state index is 10.5. The average Bonchev–Trinajstić information content (AvgIpc) is 2.52. The molecule has 2 N–H and O–H groups in total. The molecule has 0 aromatic heterocycles. The van der Waals surface area contributed by atoms with Crippen LogP contribution < -0.4 is 14.8 Å². The Morgan fingerprint density at radius 3 is 2.62 bits per heavy atom. The van der Waals surface area contributed by atoms with Gasteiger partial charge in [-0.1, -0.05) is 6.07 Å². The number of methoxy groups -OCH3 is 2. The topological polar surface area (TPSA) is 60.0 Å². The highest BCUT2D eigenvalue weighted by Gasteiger charge is 2.30. The van der Waals surface area contributed by atoms with Gasteiger partial charge in [0.1, 0.15) is 11.5 Å². The SMILES string of the molecule is COc1ccc(C(C)NCC2(O)CCOCC2)c(OC)c1. The van der Waals surface area contributed by atoms with Gasteiger partial charge in [-0.3, -0.25) is 0 Å². The zero-order valence-electron chi connectivity index (χ0n) is 13.0. The summed E-state index contributed by atoms with van der Waals surface area (Å²) in [5, 5.41) is 13.9. The van der Waals surface area contributed by atoms with Crippen LogP contribution in [0.4, 0.5) is 0 Å². The third-order valence-electron chi connectivity index (χ3n) is 4.07. The summed E-state index contributed by atoms with van der Waals surface area (Å²) in [5.41, 5.74) is 0.376. The number of ether oxygens (including phenoxy) is 3. The molecule has 0 spiro atoms. The van der Waals surface area contributed by atoms with Crippen LogP contribution in [0.2, 0.25) is 0 Å². The lowest BCUT2D eigenvalue weighted by Gasteiger charge is -2.33. The van der Waals surface area contributed by atoms with E-state index in [1.807, 2.05) is 18.2 Å². The van der Waals surface area contributed by atoms with Gasteiger partial charge in [-0.25, -0.2) is 0 Å². The van der Waals surface area contributed by atoms with Gasteiger partial charge in [0.05, 0.1) is 19.8 Å². The van der Waals surface area contributed by atoms with Gasteiger partial charge in [-0.2, -0.15) is 0 Å². The third kappa shape index (κ3) is 4.09. The molecule has 0 amide bonds. The smallest absolute Gasteiger partial charge is 0.127 e. The van der Waals surface area contributed by atoms with Crippen LogP contribution in [-0.4, -0.2) is 44.7 Å². The minimum atomic E-state index is -0.674. The van der Waals surface area contributed by atoms with Gasteiger partial charge in [0.2, 0.25) is 0 Å². The number of hydrogen-bond acceptors (Lipinski definition) is 5. The molecule has 1 unspecified atom stereocenters. The Balaban J connectivity index is 2.01. The van der Waals surface area contributed by atoms with Gasteiger partial charge >= 0.3 is 0 Å². The van der Waals surface area contributed by atoms with E-state index in [4.69, 9.17) is 14.2 Å². The van der Waals surface area contributed by atoms with Crippen molar-refractivity contribution in [3.63, 3.8) is 0 Å². The van der Waals surface area contributed by atoms with Crippen LogP contribution in [0.3, 0.4) is 0 Å². The fraction of sp³-hybridized carbons (Fsp3) is 0.625. The second-order valence-electron chi connectivity index (χ2n) is 5.55. The number of aliphatic hydroxyl groups is 1. The van der Waals surface area contributed by atoms with E-state index in [2.05, 4.69) is 12.2 Å². The molecule has 1 saturated heterocycles. The molecule has 1 atom stereocenters. The highest BCUT2D eigenvalue weighted by molar-refractivity contribution is 5.42. The zero-order valence-corrected chi connectivity index (χ0v) is 13.0. The summed E-state index contributed by atoms with van der Waals surface area (Å²) in [7, 11) is 3.29. The van der Waals surface area contributed by atoms with Gasteiger partial charge in [0, 0.05) is 50.3 Å². The standard InChI is InChI=1S/C16H25NO4/c1-12(17-11-16(18)6-8-21-9-7-16)14-5-4-13(19-2)10-15(14)20-3/h4-5,10,12,17-18H,6-9,11H2,1-3H3. The van der Waals surface area contributed by atoms with E-state index in [1.165, 1.54) is 0 Å². The first-order valence-electron chi connectivity index (χ1n) is 7.33. The van der Waals surface area contributed by atoms with E-state index >= 15 is 0 Å². The van der Waals surface area contributed by atoms with E-state index < -0.39 is 5.60 Å². The summed E-state index contributed by atoms with van der Waals surface area (Å²) in [6.45, 7) is 3.86. The Morgan fingerprint density at radius 1 is 1.29 bits per heavy atom. The zero-order chi connectivity index (χ0) is 15.3. The molecule has 0 aliphatic carbocycles. The molecule has 5 heteroatoms. The Labute approximate surface area is 126 Å². The molecule has 1 fully saturated rings. The molecule has 21 heavy (non-hydrogen) atoms. The maximum absolute atomic E-state index is 10.5. The average molecular weight is 295 g/mol. The fourth-order valence-corrected chi connectivity index (χ4v) is 2.56. The first kappa shape index (κ1) is 16.1. The summed E-state index contributed by atoms with van der Waals surface area (Å²) in [6.07, 6.45) is 1.35. The fourth-order valence-electron chi connectivity index (χ4n) is 2.56. The lowest BCUT2D eigenvalue weighted by Crippen LogP contribution is -2.45. The van der Waals surface area contributed by atoms with Crippen LogP contribution in [0.25, 0.3) is 0 Å². The Hall–Kier alpha value is -1.30. The van der Waals surface area contributed by atoms with Crippen LogP contribution in [0.1, 0.15) is 31.4 Å². The minimum absolute atomic E-state index is 0.0812. The van der Waals surface area contributed by atoms with Gasteiger partial charge in [-0.15, -0.1) is 0 Å². The Kier molecular flexibility index (Phi) is 5.45. The van der Waals surface area contributed by atoms with Crippen molar-refractivity contribution in [2.24, 2.45) is 0 Å². The van der Waals surface area contributed by atoms with Crippen molar-refractivity contribution in [2.45, 2.75) is 31.4 Å². The highest BCUT2D eigenvalue weighted by Crippen LogP contribution is 2.30. The van der Waals surface area contributed by atoms with Crippen molar-refractivity contribution in [2.75, 3.05) is 34.0 Å². The van der Waals surface area contributed by atoms with Gasteiger partial charge in [0.25, 0.3) is 0 Å². The van der Waals surface area contributed by atoms with E-state index in [0.717, 1.165) is 17.1 Å². The van der Waals surface area contributed by atoms with E-state index in [0.29, 0.717) is 32.6 Å². The molecule has 1 aromatic rings. The van der Waals surface area contributed by atoms with E-state index in [9.17, 15) is 5.11 Å². The second kappa shape index (κ2) is 7.11. The molecular formula is C16H25NO4. The highest BCUT2D eigenvalue weighted by atomic mass is 16.5. The van der Waals surface area contributed by atoms with Crippen molar-refractivity contribution < 1.29 is 19.3 Å². The van der Waals surface area contributed by atoms with Crippen molar-refractivity contribution in [3.05, 3.63) is 23.8 Å². The van der Waals surface area contributed by atoms with Crippen molar-refractivity contribution in [3.8, 4) is 11.5 Å². The molecule has 1 aromatic carbocycles. The molecule has 0 bridgehead atoms. The van der Waals surface area contributed by atoms with Crippen molar-refractivity contribution in [1.82, 2.24) is 5.32 Å². The van der Waals surface area contributed by atoms with E-state index in [1.54, 1.807) is 14.2 Å². The van der Waals surface area contributed by atoms with Gasteiger partial charge < -0.3 is 24.6 Å². The molecule has 1 heterocycles. The summed E-state index contributed by atoms with van der Waals surface area (Å²) in [4.78, 5) is 0. The van der Waals surface area contributed by atoms with Gasteiger partial charge in [0.15, 0.2) is 0 Å². The van der Waals surface area contributed by atoms with Crippen LogP contribution in [0.5, 0.6) is 11.5 Å². The van der Waals surface area contributed by atoms with Crippen LogP contribution in [-0.2, 0) is 4.74 Å². The molecule has 1 aliphatic heterocycles. The van der Waals surface area contributed by atoms with Crippen LogP contribution >= 0.6 is 0 Å². The Bertz CT molecular complexity index is 458. The largest absolute Gasteiger partial charge is 0.497 e. The molecule has 0 saturated carbocycles. The predicted octanol–water partition coefficient (Wildman–Crippen LogP) is 1.90. The maximum Gasteiger partial charge on any atom is 0.127 e. The molecule has 118 valence electrons. The monoisotopic (exact) mass is 295 g/mol. The number of benzene rings is 1. The summed E-state index contributed by atoms with van der Waals surface area (Å²) < 4.78 is 15.9. The number of nitrogens with one attached hydrogen (secondary N) is 1. The number of rotatable bonds is 6. The number of hydrogen-bond donors (Lipinski definition) is 2. The van der Waals surface area contributed by atoms with Crippen molar-refractivity contribution >= 4 is 0 Å². The summed E-state index contributed by atoms with van der Waals surface area (Å²) in [5.74, 6) is 1.55. The predicted molar refractivity (Wildman–Crippen MR) is 81.0 cm³/mol. The van der Waals surface area contributed by atoms with Crippen molar-refractivity contribution in [1.29, 1.82) is 0 Å². The normalized spacial score (nSPS) is 19.0. The molecule has 2 rings (SSSR count). The van der Waals surface area contributed by atoms with Crippen LogP contribution in [0.15, 0.2) is 18.2 Å². The molecular weight excluding hydrogens is 270 g/mol. The summed E-state index contributed by atoms with van der Waals surface area (Å²) >= 11 is 0. The van der Waals surface area contributed by atoms with Gasteiger partial charge in [-0.05, 0) is 13.0 Å². The first-order valence-corrected chi connectivity index (χ1v) is 7.33. The lowest BCUT2D eigenvalue weighted by molar-refractivity contribution is -0.0626. The quantitative estimate of drug-likeness (QED) is 0.839. The van der Waals surface area contributed by atoms with Crippen LogP contribution in [0, 0.1) is 0 Å². The third-order valence-corrected chi connectivity index (χ3v) is 4.07. The first-order chi connectivity index (χ1) is 10.1. The lowest BCUT2D eigenvalue weighted by atomic mass is 9.93. The summed E-state index contributed by atoms with van der Waals surface area (Å²) in [6, 6.07) is 5.86. The Morgan fingerprint density at radius 2 is 2.00 bits per heavy atom. The molecule has 5 nitrogen and oxygen atoms in total. The molecule has 0 radical (unpaired) electrons. The minimum Gasteiger partial charge on any atom is -0.497 e.